The van der Waals surface area contributed by atoms with E-state index >= 15 is 0 Å². The molecule has 12 nitrogen and oxygen atoms in total. The lowest BCUT2D eigenvalue weighted by atomic mass is 9.77. The van der Waals surface area contributed by atoms with E-state index in [9.17, 15) is 30.6 Å². The van der Waals surface area contributed by atoms with Crippen LogP contribution >= 0.6 is 0 Å². The molecule has 70 heavy (non-hydrogen) atoms. The second-order valence-corrected chi connectivity index (χ2v) is 17.3. The molecule has 0 fully saturated rings. The van der Waals surface area contributed by atoms with Crippen molar-refractivity contribution in [1.82, 2.24) is 0 Å². The topological polar surface area (TPSA) is 177 Å². The summed E-state index contributed by atoms with van der Waals surface area (Å²) in [6.07, 6.45) is -5.14. The zero-order valence-electron chi connectivity index (χ0n) is 37.8. The molecule has 0 aliphatic carbocycles. The molecule has 0 saturated heterocycles. The van der Waals surface area contributed by atoms with E-state index in [-0.39, 0.29) is 72.7 Å². The zero-order chi connectivity index (χ0) is 48.1. The van der Waals surface area contributed by atoms with Gasteiger partial charge < -0.3 is 59.1 Å². The molecule has 6 N–H and O–H groups in total. The summed E-state index contributed by atoms with van der Waals surface area (Å²) >= 11 is 0. The van der Waals surface area contributed by atoms with Crippen LogP contribution < -0.4 is 28.4 Å². The maximum Gasteiger partial charge on any atom is 0.162 e. The molecule has 0 saturated carbocycles. The van der Waals surface area contributed by atoms with Crippen LogP contribution in [0.5, 0.6) is 57.5 Å². The monoisotopic (exact) mass is 938 g/mol. The standard InChI is InChI=1S/C58H50O12/c59-43-23-21-39(25-45(43)61)56-47(63)29-42-44(60)30-46(62)52(58(42)70-56)54-53-50(68-34-38-19-11-4-12-20-38)27-41(65-31-35-13-5-1-6-14-35)28-51(53)69-57(55(54)64)40-22-24-48(66-32-36-15-7-2-8-16-36)49(26-40)67-33-37-17-9-3-10-18-37/h1-28,30,47,54-57,59-64H,29,31-34H2/t47-,54+,55-,56+,57+/m0/s1. The Bertz CT molecular complexity index is 3080. The van der Waals surface area contributed by atoms with Crippen LogP contribution in [-0.2, 0) is 32.8 Å². The molecule has 0 aromatic heterocycles. The average Bonchev–Trinajstić information content (AvgIpc) is 3.38. The fraction of sp³-hybridized carbons (Fsp3) is 0.172. The van der Waals surface area contributed by atoms with E-state index in [1.807, 2.05) is 121 Å². The van der Waals surface area contributed by atoms with Crippen molar-refractivity contribution in [2.45, 2.75) is 63.2 Å². The van der Waals surface area contributed by atoms with E-state index in [2.05, 4.69) is 0 Å². The van der Waals surface area contributed by atoms with Crippen LogP contribution in [0.15, 0.2) is 176 Å². The van der Waals surface area contributed by atoms with Crippen LogP contribution in [0, 0.1) is 0 Å². The summed E-state index contributed by atoms with van der Waals surface area (Å²) < 4.78 is 39.5. The molecule has 0 amide bonds. The van der Waals surface area contributed by atoms with Gasteiger partial charge in [-0.2, -0.15) is 0 Å². The van der Waals surface area contributed by atoms with E-state index in [0.29, 0.717) is 33.9 Å². The first-order chi connectivity index (χ1) is 34.2. The number of phenolic OH excluding ortho intramolecular Hbond substituents is 4. The Balaban J connectivity index is 1.12. The van der Waals surface area contributed by atoms with E-state index in [0.717, 1.165) is 22.3 Å². The number of phenols is 4. The van der Waals surface area contributed by atoms with Crippen molar-refractivity contribution in [1.29, 1.82) is 0 Å². The van der Waals surface area contributed by atoms with Gasteiger partial charge in [-0.15, -0.1) is 0 Å². The summed E-state index contributed by atoms with van der Waals surface area (Å²) in [4.78, 5) is 0. The first kappa shape index (κ1) is 45.5. The molecule has 8 aromatic carbocycles. The lowest BCUT2D eigenvalue weighted by Crippen LogP contribution is -2.37. The fourth-order valence-corrected chi connectivity index (χ4v) is 9.05. The van der Waals surface area contributed by atoms with E-state index in [1.54, 1.807) is 30.3 Å². The van der Waals surface area contributed by atoms with Gasteiger partial charge in [-0.3, -0.25) is 0 Å². The molecule has 2 heterocycles. The summed E-state index contributed by atoms with van der Waals surface area (Å²) in [6, 6.07) is 52.7. The van der Waals surface area contributed by atoms with Crippen LogP contribution in [0.2, 0.25) is 0 Å². The summed E-state index contributed by atoms with van der Waals surface area (Å²) in [5.74, 6) is -0.923. The fourth-order valence-electron chi connectivity index (χ4n) is 9.05. The molecule has 5 atom stereocenters. The van der Waals surface area contributed by atoms with Crippen LogP contribution in [0.3, 0.4) is 0 Å². The number of hydrogen-bond donors (Lipinski definition) is 6. The number of aliphatic hydroxyl groups is 2. The van der Waals surface area contributed by atoms with Gasteiger partial charge in [-0.1, -0.05) is 133 Å². The maximum atomic E-state index is 13.1. The minimum Gasteiger partial charge on any atom is -0.507 e. The average molecular weight is 939 g/mol. The van der Waals surface area contributed by atoms with Crippen molar-refractivity contribution in [3.8, 4) is 57.5 Å². The minimum atomic E-state index is -1.49. The van der Waals surface area contributed by atoms with Crippen molar-refractivity contribution in [2.24, 2.45) is 0 Å². The molecular weight excluding hydrogens is 889 g/mol. The highest BCUT2D eigenvalue weighted by Gasteiger charge is 2.46. The third-order valence-electron chi connectivity index (χ3n) is 12.6. The Kier molecular flexibility index (Phi) is 13.1. The molecule has 12 heteroatoms. The first-order valence-electron chi connectivity index (χ1n) is 22.9. The highest BCUT2D eigenvalue weighted by atomic mass is 16.5. The third-order valence-corrected chi connectivity index (χ3v) is 12.6. The Morgan fingerprint density at radius 3 is 1.54 bits per heavy atom. The van der Waals surface area contributed by atoms with Crippen LogP contribution in [-0.4, -0.2) is 42.8 Å². The maximum absolute atomic E-state index is 13.1. The quantitative estimate of drug-likeness (QED) is 0.0537. The minimum absolute atomic E-state index is 0.00553. The molecule has 2 aliphatic rings. The Morgan fingerprint density at radius 1 is 0.429 bits per heavy atom. The number of ether oxygens (including phenoxy) is 6. The van der Waals surface area contributed by atoms with Crippen molar-refractivity contribution in [3.63, 3.8) is 0 Å². The lowest BCUT2D eigenvalue weighted by molar-refractivity contribution is 0.000830. The van der Waals surface area contributed by atoms with Gasteiger partial charge in [0.25, 0.3) is 0 Å². The number of benzene rings is 8. The highest BCUT2D eigenvalue weighted by Crippen LogP contribution is 2.58. The molecule has 10 rings (SSSR count). The Hall–Kier alpha value is -8.32. The highest BCUT2D eigenvalue weighted by molar-refractivity contribution is 5.66. The smallest absolute Gasteiger partial charge is 0.162 e. The van der Waals surface area contributed by atoms with Gasteiger partial charge in [0.2, 0.25) is 0 Å². The Labute approximate surface area is 404 Å². The van der Waals surface area contributed by atoms with Gasteiger partial charge in [0.1, 0.15) is 73.1 Å². The number of aliphatic hydroxyl groups excluding tert-OH is 2. The van der Waals surface area contributed by atoms with Crippen molar-refractivity contribution < 1.29 is 59.1 Å². The van der Waals surface area contributed by atoms with Crippen LogP contribution in [0.1, 0.15) is 68.2 Å². The summed E-state index contributed by atoms with van der Waals surface area (Å²) in [6.45, 7) is 0.813. The second kappa shape index (κ2) is 20.1. The van der Waals surface area contributed by atoms with Gasteiger partial charge >= 0.3 is 0 Å². The molecule has 0 spiro atoms. The predicted molar refractivity (Wildman–Crippen MR) is 260 cm³/mol. The van der Waals surface area contributed by atoms with Gasteiger partial charge in [0.15, 0.2) is 29.1 Å². The van der Waals surface area contributed by atoms with Gasteiger partial charge in [0.05, 0.1) is 12.0 Å². The molecule has 0 radical (unpaired) electrons. The van der Waals surface area contributed by atoms with E-state index < -0.39 is 41.8 Å². The van der Waals surface area contributed by atoms with Gasteiger partial charge in [-0.25, -0.2) is 0 Å². The van der Waals surface area contributed by atoms with Crippen molar-refractivity contribution in [2.75, 3.05) is 0 Å². The zero-order valence-corrected chi connectivity index (χ0v) is 37.8. The van der Waals surface area contributed by atoms with E-state index in [1.165, 1.54) is 24.3 Å². The number of fused-ring (bicyclic) bond motifs is 2. The SMILES string of the molecule is Oc1ccc([C@H]2Oc3c(c(O)cc(O)c3[C@@H]3c4c(OCc5ccccc5)cc(OCc5ccccc5)cc4O[C@H](c4ccc(OCc5ccccc5)c(OCc5ccccc5)c4)[C@H]3O)C[C@@H]2O)cc1O. The first-order valence-corrected chi connectivity index (χ1v) is 22.9. The number of hydrogen-bond acceptors (Lipinski definition) is 12. The summed E-state index contributed by atoms with van der Waals surface area (Å²) in [7, 11) is 0. The van der Waals surface area contributed by atoms with Gasteiger partial charge in [0, 0.05) is 41.3 Å². The molecular formula is C58H50O12. The largest absolute Gasteiger partial charge is 0.507 e. The predicted octanol–water partition coefficient (Wildman–Crippen LogP) is 10.5. The lowest BCUT2D eigenvalue weighted by Gasteiger charge is -2.40. The molecule has 0 unspecified atom stereocenters. The number of rotatable bonds is 15. The van der Waals surface area contributed by atoms with Crippen molar-refractivity contribution in [3.05, 3.63) is 226 Å². The Morgan fingerprint density at radius 2 is 0.957 bits per heavy atom. The van der Waals surface area contributed by atoms with Gasteiger partial charge in [-0.05, 0) is 57.6 Å². The second-order valence-electron chi connectivity index (χ2n) is 17.3. The van der Waals surface area contributed by atoms with Crippen molar-refractivity contribution >= 4 is 0 Å². The summed E-state index contributed by atoms with van der Waals surface area (Å²) in [5, 5.41) is 68.8. The summed E-state index contributed by atoms with van der Waals surface area (Å²) in [5.41, 5.74) is 5.10. The molecule has 8 aromatic rings. The number of aromatic hydroxyl groups is 4. The molecule has 354 valence electrons. The van der Waals surface area contributed by atoms with E-state index in [4.69, 9.17) is 28.4 Å². The molecule has 0 bridgehead atoms. The van der Waals surface area contributed by atoms with Crippen LogP contribution in [0.25, 0.3) is 0 Å². The third kappa shape index (κ3) is 9.68. The normalized spacial score (nSPS) is 18.1. The van der Waals surface area contributed by atoms with Crippen LogP contribution in [0.4, 0.5) is 0 Å². The molecule has 2 aliphatic heterocycles.